The molecule has 12 rings (SSSR count). The summed E-state index contributed by atoms with van der Waals surface area (Å²) in [5.74, 6) is -10.7. The summed E-state index contributed by atoms with van der Waals surface area (Å²) in [6.07, 6.45) is 10.5. The van der Waals surface area contributed by atoms with Gasteiger partial charge < -0.3 is 85.7 Å². The van der Waals surface area contributed by atoms with Crippen LogP contribution < -0.4 is 11.1 Å². The first-order chi connectivity index (χ1) is 69.2. The molecule has 1 saturated heterocycles. The topological polar surface area (TPSA) is 565 Å². The average Bonchev–Trinajstić information content (AvgIpc) is 1.64. The molecule has 8 amide bonds. The third-order valence-electron chi connectivity index (χ3n) is 25.7. The third-order valence-corrected chi connectivity index (χ3v) is 25.7. The quantitative estimate of drug-likeness (QED) is 0.00960. The third kappa shape index (κ3) is 37.3. The second-order valence-electron chi connectivity index (χ2n) is 35.2. The van der Waals surface area contributed by atoms with E-state index in [1.165, 1.54) is 24.3 Å². The van der Waals surface area contributed by atoms with Gasteiger partial charge in [0.25, 0.3) is 35.4 Å². The maximum absolute atomic E-state index is 12.6. The van der Waals surface area contributed by atoms with Crippen LogP contribution in [0.4, 0.5) is 0 Å². The van der Waals surface area contributed by atoms with Crippen LogP contribution in [0.25, 0.3) is 0 Å². The van der Waals surface area contributed by atoms with Gasteiger partial charge in [-0.3, -0.25) is 72.0 Å². The molecule has 0 aliphatic carbocycles. The molecule has 13 N–H and O–H groups in total. The molecule has 4 aliphatic heterocycles. The number of unbranched alkanes of at least 4 members (excludes halogenated alkanes) is 1. The summed E-state index contributed by atoms with van der Waals surface area (Å²) < 4.78 is 4.91. The minimum atomic E-state index is -1.29. The molecular weight excluding hydrogens is 1890 g/mol. The molecular formula is C109H156N12O26. The summed E-state index contributed by atoms with van der Waals surface area (Å²) in [4.78, 5) is 232. The summed E-state index contributed by atoms with van der Waals surface area (Å²) in [5.41, 5.74) is 18.1. The van der Waals surface area contributed by atoms with E-state index in [1.807, 2.05) is 102 Å². The number of benzene rings is 3. The van der Waals surface area contributed by atoms with E-state index in [9.17, 15) is 86.6 Å². The van der Waals surface area contributed by atoms with E-state index in [4.69, 9.17) is 45.4 Å². The zero-order chi connectivity index (χ0) is 110. The molecule has 5 aromatic heterocycles. The average molecular weight is 2050 g/mol. The standard InChI is InChI=1S/C27H45N3O7.C25H32N2O4.C16H14N2O4.C14H10N2O4.C12H16N2O5.C6H11NO2.4C2H6.CH4/c1-7-17(3)27(6,18(4)8-2)22-13-20(19(5)29-22)14-23(31)28-12-10-9-11-21(26(36)37)30(15-24(32)33)16-25(34)35;1-7-15(3)25(6,16(4)8-2)21-13-18(17(5)26-21)14-22(28)31-27-23(29)19-11-9-10-12-20(19)24(27)30;1-9-7-11(10(2)17-9)8-14(19)22-18-15(20)12-5-3-4-6-13(12)16(18)21;17-12(7-9-5-6-15-8-9)20-16-13(18)10-3-1-2-4-11(10)14(16)19;1-7-3-9(8(2)13-7)4-10(15)14(5-11(16)17)6-12(18)19;7-3-5(8)1-2-6-4-9-6;4*1-2;/h13,17-18,21,29H,7-12,14-16H2,1-6H3,(H,28,31)(H,32,33)(H,34,35)(H,36,37);9-13,15-16,26H,7-8,14H2,1-6H3;3-7,17H,8H2,1-2H3;1-6,8,15H,7H2;3,13H,4-6H2,1-2H3,(H,16,17)(H,18,19);6H,1-4,7H2;4*1-2H3;1H4. The monoisotopic (exact) mass is 2050 g/mol. The van der Waals surface area contributed by atoms with Crippen molar-refractivity contribution in [3.8, 4) is 0 Å². The Morgan fingerprint density at radius 1 is 0.463 bits per heavy atom. The minimum absolute atomic E-state index is 0. The number of ketones is 1. The first-order valence-corrected chi connectivity index (χ1v) is 49.7. The largest absolute Gasteiger partial charge is 0.480 e. The molecule has 1 fully saturated rings. The molecule has 6 unspecified atom stereocenters. The van der Waals surface area contributed by atoms with Crippen LogP contribution >= 0.6 is 0 Å². The smallest absolute Gasteiger partial charge is 0.337 e. The number of carbonyl (C=O) groups excluding carboxylic acids is 12. The van der Waals surface area contributed by atoms with E-state index in [2.05, 4.69) is 106 Å². The maximum Gasteiger partial charge on any atom is 0.337 e. The molecule has 6 atom stereocenters. The number of H-pyrrole nitrogens is 5. The van der Waals surface area contributed by atoms with Crippen molar-refractivity contribution >= 4 is 101 Å². The molecule has 38 nitrogen and oxygen atoms in total. The summed E-state index contributed by atoms with van der Waals surface area (Å²) in [7, 11) is 0. The number of hydroxylamine groups is 6. The predicted octanol–water partition coefficient (Wildman–Crippen LogP) is 16.2. The SMILES string of the molecule is C.CC.CC.CC.CC.CCC(C)C(C)(c1cc(CC(=O)NCCCCC(C(=O)O)N(CC(=O)O)CC(=O)O)c(C)[nH]1)C(C)CC.CCC(C)C(C)(c1cc(CC(=O)ON2C(=O)c3ccccc3C2=O)c(C)[nH]1)C(C)CC.Cc1cc(CC(=O)N(CC(=O)O)CC(=O)O)c(C)[nH]1.Cc1cc(CC(=O)ON2C(=O)c3ccccc3C2=O)c(C)[nH]1.NCC(=O)CCC1CO1.O=C(Cc1cc[nH]c1)ON1C(=O)c2ccccc2C1=O. The number of hydrogen-bond acceptors (Lipinski definition) is 23. The molecule has 0 spiro atoms. The van der Waals surface area contributed by atoms with Gasteiger partial charge in [-0.05, 0) is 185 Å². The van der Waals surface area contributed by atoms with Crippen molar-refractivity contribution in [3.63, 3.8) is 0 Å². The van der Waals surface area contributed by atoms with Crippen molar-refractivity contribution < 1.29 is 126 Å². The van der Waals surface area contributed by atoms with Gasteiger partial charge in [-0.25, -0.2) is 14.4 Å². The first-order valence-electron chi connectivity index (χ1n) is 49.7. The number of Topliss-reactive ketones (excluding diaryl/α,β-unsaturated/α-hetero) is 1. The van der Waals surface area contributed by atoms with E-state index in [1.54, 1.807) is 80.0 Å². The number of aliphatic carboxylic acids is 5. The van der Waals surface area contributed by atoms with E-state index < -0.39 is 121 Å². The normalized spacial score (nSPS) is 14.4. The van der Waals surface area contributed by atoms with Gasteiger partial charge in [0.2, 0.25) is 11.8 Å². The van der Waals surface area contributed by atoms with Crippen LogP contribution in [0.1, 0.15) is 325 Å². The fourth-order valence-electron chi connectivity index (χ4n) is 16.4. The van der Waals surface area contributed by atoms with Gasteiger partial charge >= 0.3 is 47.8 Å². The van der Waals surface area contributed by atoms with E-state index in [0.717, 1.165) is 116 Å². The number of aromatic nitrogens is 5. The summed E-state index contributed by atoms with van der Waals surface area (Å²) >= 11 is 0. The molecule has 3 aromatic carbocycles. The Balaban J connectivity index is 0.000000605. The molecule has 0 bridgehead atoms. The highest BCUT2D eigenvalue weighted by Gasteiger charge is 2.44. The van der Waals surface area contributed by atoms with Crippen LogP contribution in [0.3, 0.4) is 0 Å². The number of carboxylic acids is 5. The summed E-state index contributed by atoms with van der Waals surface area (Å²) in [5, 5.41) is 49.3. The second-order valence-corrected chi connectivity index (χ2v) is 35.2. The predicted molar refractivity (Wildman–Crippen MR) is 555 cm³/mol. The van der Waals surface area contributed by atoms with Gasteiger partial charge in [0.05, 0.1) is 97.8 Å². The first kappa shape index (κ1) is 129. The Morgan fingerprint density at radius 3 is 1.07 bits per heavy atom. The van der Waals surface area contributed by atoms with E-state index in [0.29, 0.717) is 76.3 Å². The Hall–Kier alpha value is -14.3. The highest BCUT2D eigenvalue weighted by atomic mass is 16.7. The number of aromatic amines is 5. The number of epoxide rings is 1. The zero-order valence-corrected chi connectivity index (χ0v) is 88.9. The van der Waals surface area contributed by atoms with Crippen molar-refractivity contribution in [2.75, 3.05) is 45.9 Å². The van der Waals surface area contributed by atoms with Crippen molar-refractivity contribution in [2.45, 2.75) is 286 Å². The number of amides is 8. The van der Waals surface area contributed by atoms with Gasteiger partial charge in [0.15, 0.2) is 0 Å². The molecule has 4 aliphatic rings. The number of carbonyl (C=O) groups is 17. The number of nitrogens with zero attached hydrogens (tertiary/aromatic N) is 5. The molecule has 0 radical (unpaired) electrons. The van der Waals surface area contributed by atoms with Crippen LogP contribution in [0.15, 0.2) is 116 Å². The van der Waals surface area contributed by atoms with Crippen LogP contribution in [-0.4, -0.2) is 234 Å². The number of rotatable bonds is 42. The highest BCUT2D eigenvalue weighted by molar-refractivity contribution is 6.22. The Bertz CT molecular complexity index is 5560. The molecule has 808 valence electrons. The van der Waals surface area contributed by atoms with Crippen LogP contribution in [-0.2, 0) is 115 Å². The number of aryl methyl sites for hydroxylation is 6. The van der Waals surface area contributed by atoms with Gasteiger partial charge in [-0.2, -0.15) is 0 Å². The zero-order valence-electron chi connectivity index (χ0n) is 88.9. The summed E-state index contributed by atoms with van der Waals surface area (Å²) in [6, 6.07) is 27.4. The van der Waals surface area contributed by atoms with Crippen LogP contribution in [0.2, 0.25) is 0 Å². The number of nitrogens with one attached hydrogen (secondary N) is 6. The van der Waals surface area contributed by atoms with Gasteiger partial charge in [0, 0.05) is 81.7 Å². The second kappa shape index (κ2) is 63.2. The molecule has 0 saturated carbocycles. The Labute approximate surface area is 862 Å². The molecule has 8 aromatic rings. The van der Waals surface area contributed by atoms with Crippen molar-refractivity contribution in [3.05, 3.63) is 222 Å². The number of carboxylic acid groups (broad SMARTS) is 5. The summed E-state index contributed by atoms with van der Waals surface area (Å²) in [6.45, 7) is 48.5. The van der Waals surface area contributed by atoms with Gasteiger partial charge in [-0.1, -0.05) is 209 Å². The van der Waals surface area contributed by atoms with Crippen LogP contribution in [0.5, 0.6) is 0 Å². The lowest BCUT2D eigenvalue weighted by atomic mass is 9.65. The number of nitrogens with two attached hydrogens (primary N) is 1. The van der Waals surface area contributed by atoms with Crippen molar-refractivity contribution in [1.82, 2.24) is 55.2 Å². The number of imide groups is 3. The molecule has 38 heteroatoms. The van der Waals surface area contributed by atoms with E-state index in [-0.39, 0.29) is 108 Å². The highest BCUT2D eigenvalue weighted by Crippen LogP contribution is 2.44. The van der Waals surface area contributed by atoms with Gasteiger partial charge in [0.1, 0.15) is 24.9 Å². The Morgan fingerprint density at radius 2 is 0.782 bits per heavy atom. The molecule has 9 heterocycles. The fraction of sp³-hybridized carbons (Fsp3) is 0.495. The van der Waals surface area contributed by atoms with Crippen LogP contribution in [0, 0.1) is 65.2 Å². The minimum Gasteiger partial charge on any atom is -0.480 e. The van der Waals surface area contributed by atoms with Crippen molar-refractivity contribution in [1.29, 1.82) is 0 Å². The lowest BCUT2D eigenvalue weighted by Gasteiger charge is -2.40. The maximum atomic E-state index is 12.6. The van der Waals surface area contributed by atoms with Gasteiger partial charge in [-0.15, -0.1) is 0 Å². The lowest BCUT2D eigenvalue weighted by Crippen LogP contribution is -2.46. The number of fused-ring (bicyclic) bond motifs is 3. The van der Waals surface area contributed by atoms with Crippen molar-refractivity contribution in [2.24, 2.45) is 29.4 Å². The number of hydrogen-bond donors (Lipinski definition) is 12. The fourth-order valence-corrected chi connectivity index (χ4v) is 16.4. The number of ether oxygens (including phenoxy) is 1. The lowest BCUT2D eigenvalue weighted by molar-refractivity contribution is -0.168. The Kier molecular flexibility index (Phi) is 55.4. The van der Waals surface area contributed by atoms with E-state index >= 15 is 0 Å². The molecule has 147 heavy (non-hydrogen) atoms.